The van der Waals surface area contributed by atoms with Crippen LogP contribution < -0.4 is 19.5 Å². The molecule has 28 heavy (non-hydrogen) atoms. The molecule has 0 saturated carbocycles. The number of aromatic nitrogens is 2. The first-order valence-corrected chi connectivity index (χ1v) is 9.33. The molecule has 0 aliphatic heterocycles. The molecule has 1 aromatic carbocycles. The molecule has 2 aromatic rings. The Morgan fingerprint density at radius 1 is 1.18 bits per heavy atom. The maximum atomic E-state index is 12.9. The van der Waals surface area contributed by atoms with E-state index in [0.29, 0.717) is 5.56 Å². The lowest BCUT2D eigenvalue weighted by atomic mass is 10.0. The van der Waals surface area contributed by atoms with E-state index < -0.39 is 33.7 Å². The number of sulfonamides is 1. The summed E-state index contributed by atoms with van der Waals surface area (Å²) in [7, 11) is -1.94. The lowest BCUT2D eigenvalue weighted by Gasteiger charge is -2.20. The van der Waals surface area contributed by atoms with Crippen molar-refractivity contribution >= 4 is 28.0 Å². The Balaban J connectivity index is 2.59. The van der Waals surface area contributed by atoms with Crippen LogP contribution in [-0.2, 0) is 15.8 Å². The molecule has 0 saturated heterocycles. The van der Waals surface area contributed by atoms with Crippen molar-refractivity contribution in [2.75, 3.05) is 18.5 Å². The number of carboxylic acids is 1. The molecule has 0 bridgehead atoms. The van der Waals surface area contributed by atoms with Crippen molar-refractivity contribution in [1.82, 2.24) is 9.97 Å². The van der Waals surface area contributed by atoms with E-state index in [-0.39, 0.29) is 27.2 Å². The summed E-state index contributed by atoms with van der Waals surface area (Å²) in [4.78, 5) is 31.0. The number of aryl methyl sites for hydroxylation is 1. The van der Waals surface area contributed by atoms with Crippen LogP contribution in [0.4, 0.5) is 10.7 Å². The lowest BCUT2D eigenvalue weighted by Crippen LogP contribution is -2.42. The van der Waals surface area contributed by atoms with Crippen LogP contribution in [0.3, 0.4) is 0 Å². The van der Waals surface area contributed by atoms with Gasteiger partial charge in [0.05, 0.1) is 31.6 Å². The van der Waals surface area contributed by atoms with Crippen LogP contribution in [0.5, 0.6) is 11.8 Å². The normalized spacial score (nSPS) is 11.0. The molecule has 0 spiro atoms. The van der Waals surface area contributed by atoms with E-state index in [2.05, 4.69) is 9.97 Å². The number of benzene rings is 1. The summed E-state index contributed by atoms with van der Waals surface area (Å²) in [6.07, 6.45) is 0. The number of nitrogens with two attached hydrogens (primary N) is 1. The van der Waals surface area contributed by atoms with E-state index >= 15 is 0 Å². The first-order valence-electron chi connectivity index (χ1n) is 7.72. The Morgan fingerprint density at radius 3 is 2.21 bits per heavy atom. The highest BCUT2D eigenvalue weighted by Crippen LogP contribution is 2.25. The summed E-state index contributed by atoms with van der Waals surface area (Å²) in [6, 6.07) is 4.20. The molecule has 3 N–H and O–H groups in total. The summed E-state index contributed by atoms with van der Waals surface area (Å²) in [6.45, 7) is 1.55. The third kappa shape index (κ3) is 4.28. The molecular formula is C16H18N4O7S. The number of hydrogen-bond donors (Lipinski definition) is 2. The maximum Gasteiger partial charge on any atom is 0.336 e. The van der Waals surface area contributed by atoms with Crippen LogP contribution in [0.2, 0.25) is 0 Å². The van der Waals surface area contributed by atoms with Crippen molar-refractivity contribution in [3.8, 4) is 11.8 Å². The van der Waals surface area contributed by atoms with Gasteiger partial charge in [0.15, 0.2) is 0 Å². The highest BCUT2D eigenvalue weighted by molar-refractivity contribution is 7.92. The van der Waals surface area contributed by atoms with Crippen LogP contribution in [0.1, 0.15) is 21.5 Å². The molecule has 0 unspecified atom stereocenters. The Hall–Kier alpha value is -3.41. The van der Waals surface area contributed by atoms with Gasteiger partial charge in [-0.15, -0.1) is 0 Å². The van der Waals surface area contributed by atoms with Gasteiger partial charge in [0, 0.05) is 0 Å². The van der Waals surface area contributed by atoms with Crippen molar-refractivity contribution in [3.63, 3.8) is 0 Å². The first kappa shape index (κ1) is 20.9. The Morgan fingerprint density at radius 2 is 1.75 bits per heavy atom. The molecule has 0 aliphatic carbocycles. The van der Waals surface area contributed by atoms with E-state index in [0.717, 1.165) is 0 Å². The predicted molar refractivity (Wildman–Crippen MR) is 98.0 cm³/mol. The van der Waals surface area contributed by atoms with Gasteiger partial charge in [-0.1, -0.05) is 12.1 Å². The van der Waals surface area contributed by atoms with Crippen LogP contribution in [0.25, 0.3) is 0 Å². The molecule has 12 heteroatoms. The number of aromatic carboxylic acids is 1. The van der Waals surface area contributed by atoms with E-state index in [4.69, 9.17) is 15.2 Å². The Bertz CT molecular complexity index is 1000. The Labute approximate surface area is 160 Å². The molecule has 11 nitrogen and oxygen atoms in total. The minimum Gasteiger partial charge on any atom is -0.481 e. The number of nitrogens with zero attached hydrogens (tertiary/aromatic N) is 3. The monoisotopic (exact) mass is 410 g/mol. The van der Waals surface area contributed by atoms with Gasteiger partial charge in [-0.25, -0.2) is 18.0 Å². The van der Waals surface area contributed by atoms with Crippen molar-refractivity contribution in [3.05, 3.63) is 41.0 Å². The standard InChI is InChI=1S/C16H18N4O7S/c1-9-5-4-6-10(14(21)22)11(9)8-28(24,25)20(15(17)23)16-18-12(26-2)7-13(19-16)27-3/h4-7H,8H2,1-3H3,(H2,17,23)(H,21,22). The van der Waals surface area contributed by atoms with Crippen molar-refractivity contribution in [2.24, 2.45) is 5.73 Å². The summed E-state index contributed by atoms with van der Waals surface area (Å²) < 4.78 is 35.9. The van der Waals surface area contributed by atoms with Gasteiger partial charge in [-0.3, -0.25) is 0 Å². The molecule has 0 radical (unpaired) electrons. The van der Waals surface area contributed by atoms with E-state index in [1.807, 2.05) is 0 Å². The molecule has 2 amide bonds. The number of hydrogen-bond acceptors (Lipinski definition) is 8. The number of methoxy groups -OCH3 is 2. The molecule has 0 fully saturated rings. The van der Waals surface area contributed by atoms with Crippen LogP contribution in [0.15, 0.2) is 24.3 Å². The number of amides is 2. The summed E-state index contributed by atoms with van der Waals surface area (Å²) >= 11 is 0. The second kappa shape index (κ2) is 8.08. The second-order valence-electron chi connectivity index (χ2n) is 5.52. The Kier molecular flexibility index (Phi) is 6.03. The maximum absolute atomic E-state index is 12.9. The third-order valence-corrected chi connectivity index (χ3v) is 5.27. The number of anilines is 1. The first-order chi connectivity index (χ1) is 13.1. The average molecular weight is 410 g/mol. The number of carboxylic acid groups (broad SMARTS) is 1. The minimum absolute atomic E-state index is 0.0103. The summed E-state index contributed by atoms with van der Waals surface area (Å²) in [5, 5.41) is 9.33. The smallest absolute Gasteiger partial charge is 0.336 e. The van der Waals surface area contributed by atoms with Crippen LogP contribution >= 0.6 is 0 Å². The van der Waals surface area contributed by atoms with Crippen molar-refractivity contribution in [2.45, 2.75) is 12.7 Å². The van der Waals surface area contributed by atoms with Crippen LogP contribution in [0, 0.1) is 6.92 Å². The van der Waals surface area contributed by atoms with E-state index in [9.17, 15) is 23.1 Å². The largest absolute Gasteiger partial charge is 0.481 e. The zero-order valence-electron chi connectivity index (χ0n) is 15.2. The molecule has 0 atom stereocenters. The fraction of sp³-hybridized carbons (Fsp3) is 0.250. The van der Waals surface area contributed by atoms with Gasteiger partial charge in [0.2, 0.25) is 21.8 Å². The van der Waals surface area contributed by atoms with Gasteiger partial charge < -0.3 is 20.3 Å². The van der Waals surface area contributed by atoms with Crippen molar-refractivity contribution < 1.29 is 32.6 Å². The molecule has 1 aromatic heterocycles. The number of urea groups is 1. The SMILES string of the molecule is COc1cc(OC)nc(N(C(N)=O)S(=O)(=O)Cc2c(C)cccc2C(=O)O)n1. The molecular weight excluding hydrogens is 392 g/mol. The second-order valence-corrected chi connectivity index (χ2v) is 7.34. The highest BCUT2D eigenvalue weighted by Gasteiger charge is 2.33. The van der Waals surface area contributed by atoms with Gasteiger partial charge in [-0.05, 0) is 24.1 Å². The number of carbonyl (C=O) groups excluding carboxylic acids is 1. The average Bonchev–Trinajstić information content (AvgIpc) is 2.62. The fourth-order valence-corrected chi connectivity index (χ4v) is 3.88. The zero-order valence-corrected chi connectivity index (χ0v) is 16.1. The topological polar surface area (TPSA) is 162 Å². The number of carbonyl (C=O) groups is 2. The highest BCUT2D eigenvalue weighted by atomic mass is 32.2. The number of rotatable bonds is 7. The molecule has 0 aliphatic rings. The molecule has 150 valence electrons. The third-order valence-electron chi connectivity index (χ3n) is 3.71. The molecule has 2 rings (SSSR count). The molecule has 1 heterocycles. The van der Waals surface area contributed by atoms with E-state index in [1.165, 1.54) is 32.4 Å². The minimum atomic E-state index is -4.50. The zero-order chi connectivity index (χ0) is 21.1. The van der Waals surface area contributed by atoms with Crippen molar-refractivity contribution in [1.29, 1.82) is 0 Å². The van der Waals surface area contributed by atoms with Crippen LogP contribution in [-0.4, -0.2) is 49.7 Å². The number of primary amides is 1. The summed E-state index contributed by atoms with van der Waals surface area (Å²) in [5.41, 5.74) is 5.47. The quantitative estimate of drug-likeness (QED) is 0.675. The fourth-order valence-electron chi connectivity index (χ4n) is 2.39. The van der Waals surface area contributed by atoms with Gasteiger partial charge in [-0.2, -0.15) is 14.3 Å². The summed E-state index contributed by atoms with van der Waals surface area (Å²) in [5.74, 6) is -2.84. The predicted octanol–water partition coefficient (Wildman–Crippen LogP) is 0.916. The van der Waals surface area contributed by atoms with Gasteiger partial charge in [0.25, 0.3) is 5.95 Å². The van der Waals surface area contributed by atoms with E-state index in [1.54, 1.807) is 13.0 Å². The number of ether oxygens (including phenoxy) is 2. The lowest BCUT2D eigenvalue weighted by molar-refractivity contribution is 0.0696. The van der Waals surface area contributed by atoms with Gasteiger partial charge >= 0.3 is 12.0 Å². The van der Waals surface area contributed by atoms with Gasteiger partial charge in [0.1, 0.15) is 0 Å².